The quantitative estimate of drug-likeness (QED) is 0.582. The molecular formula is C21H33N5O5. The summed E-state index contributed by atoms with van der Waals surface area (Å²) in [4.78, 5) is 56.4. The average molecular weight is 436 g/mol. The molecule has 1 aliphatic heterocycles. The Hall–Kier alpha value is -2.62. The minimum atomic E-state index is -0.693. The highest BCUT2D eigenvalue weighted by Gasteiger charge is 2.38. The van der Waals surface area contributed by atoms with Gasteiger partial charge in [0.05, 0.1) is 12.5 Å². The van der Waals surface area contributed by atoms with Gasteiger partial charge in [-0.3, -0.25) is 23.9 Å². The lowest BCUT2D eigenvalue weighted by atomic mass is 9.95. The predicted octanol–water partition coefficient (Wildman–Crippen LogP) is 0.547. The van der Waals surface area contributed by atoms with Crippen LogP contribution in [0.2, 0.25) is 0 Å². The number of anilines is 2. The van der Waals surface area contributed by atoms with Crippen molar-refractivity contribution in [1.29, 1.82) is 0 Å². The number of methoxy groups -OCH3 is 1. The zero-order chi connectivity index (χ0) is 22.5. The number of ether oxygens (including phenoxy) is 1. The van der Waals surface area contributed by atoms with Crippen molar-refractivity contribution in [2.24, 2.45) is 11.8 Å². The molecule has 1 unspecified atom stereocenters. The summed E-state index contributed by atoms with van der Waals surface area (Å²) >= 11 is 0. The first kappa shape index (κ1) is 23.1. The number of hydrogen-bond acceptors (Lipinski definition) is 6. The Morgan fingerprint density at radius 2 is 1.97 bits per heavy atom. The van der Waals surface area contributed by atoms with Gasteiger partial charge in [0, 0.05) is 39.2 Å². The summed E-state index contributed by atoms with van der Waals surface area (Å²) in [5, 5.41) is 0. The minimum absolute atomic E-state index is 0.0200. The molecule has 3 N–H and O–H groups in total. The van der Waals surface area contributed by atoms with Crippen molar-refractivity contribution >= 4 is 23.3 Å². The van der Waals surface area contributed by atoms with Crippen LogP contribution in [0.3, 0.4) is 0 Å². The predicted molar refractivity (Wildman–Crippen MR) is 117 cm³/mol. The molecule has 1 aromatic heterocycles. The molecule has 2 amide bonds. The number of rotatable bonds is 9. The molecule has 0 spiro atoms. The lowest BCUT2D eigenvalue weighted by Crippen LogP contribution is -2.50. The fraction of sp³-hybridized carbons (Fsp3) is 0.714. The highest BCUT2D eigenvalue weighted by molar-refractivity contribution is 5.97. The Labute approximate surface area is 181 Å². The number of hydrogen-bond donors (Lipinski definition) is 2. The number of nitrogens with one attached hydrogen (secondary N) is 1. The third-order valence-corrected chi connectivity index (χ3v) is 6.01. The SMILES string of the molecule is CCCCn1c(N)c(N(CCOC)C(=O)C2CCCN(C(=O)C3CC3)C2)c(=O)[nH]c1=O. The summed E-state index contributed by atoms with van der Waals surface area (Å²) < 4.78 is 6.45. The first-order valence-corrected chi connectivity index (χ1v) is 11.1. The molecule has 0 aromatic carbocycles. The van der Waals surface area contributed by atoms with Crippen molar-refractivity contribution in [1.82, 2.24) is 14.5 Å². The zero-order valence-corrected chi connectivity index (χ0v) is 18.4. The number of piperidine rings is 1. The van der Waals surface area contributed by atoms with Crippen LogP contribution in [-0.4, -0.2) is 59.6 Å². The number of nitrogens with two attached hydrogens (primary N) is 1. The van der Waals surface area contributed by atoms with E-state index in [1.807, 2.05) is 6.92 Å². The number of amides is 2. The van der Waals surface area contributed by atoms with Gasteiger partial charge in [-0.15, -0.1) is 0 Å². The second-order valence-electron chi connectivity index (χ2n) is 8.38. The molecule has 1 saturated carbocycles. The van der Waals surface area contributed by atoms with Gasteiger partial charge in [0.1, 0.15) is 5.82 Å². The average Bonchev–Trinajstić information content (AvgIpc) is 3.60. The van der Waals surface area contributed by atoms with Crippen molar-refractivity contribution in [3.8, 4) is 0 Å². The van der Waals surface area contributed by atoms with E-state index in [0.29, 0.717) is 32.5 Å². The molecule has 10 nitrogen and oxygen atoms in total. The van der Waals surface area contributed by atoms with Crippen LogP contribution in [0.5, 0.6) is 0 Å². The molecule has 10 heteroatoms. The number of carbonyl (C=O) groups is 2. The van der Waals surface area contributed by atoms with E-state index in [1.165, 1.54) is 16.6 Å². The summed E-state index contributed by atoms with van der Waals surface area (Å²) in [7, 11) is 1.51. The number of H-pyrrole nitrogens is 1. The number of carbonyl (C=O) groups excluding carboxylic acids is 2. The summed E-state index contributed by atoms with van der Waals surface area (Å²) in [6.45, 7) is 3.66. The molecule has 172 valence electrons. The van der Waals surface area contributed by atoms with Crippen LogP contribution >= 0.6 is 0 Å². The van der Waals surface area contributed by atoms with Gasteiger partial charge < -0.3 is 20.3 Å². The molecular weight excluding hydrogens is 402 g/mol. The van der Waals surface area contributed by atoms with Crippen molar-refractivity contribution < 1.29 is 14.3 Å². The molecule has 3 rings (SSSR count). The van der Waals surface area contributed by atoms with Crippen molar-refractivity contribution in [2.45, 2.75) is 52.0 Å². The highest BCUT2D eigenvalue weighted by Crippen LogP contribution is 2.33. The Morgan fingerprint density at radius 1 is 1.23 bits per heavy atom. The summed E-state index contributed by atoms with van der Waals surface area (Å²) in [6, 6.07) is 0. The van der Waals surface area contributed by atoms with Gasteiger partial charge in [0.15, 0.2) is 5.69 Å². The molecule has 1 aliphatic carbocycles. The zero-order valence-electron chi connectivity index (χ0n) is 18.4. The van der Waals surface area contributed by atoms with Crippen LogP contribution in [0.4, 0.5) is 11.5 Å². The van der Waals surface area contributed by atoms with E-state index in [9.17, 15) is 19.2 Å². The number of likely N-dealkylation sites (tertiary alicyclic amines) is 1. The smallest absolute Gasteiger partial charge is 0.330 e. The van der Waals surface area contributed by atoms with Gasteiger partial charge in [-0.25, -0.2) is 4.79 Å². The normalized spacial score (nSPS) is 18.8. The molecule has 0 bridgehead atoms. The summed E-state index contributed by atoms with van der Waals surface area (Å²) in [5.41, 5.74) is 4.93. The molecule has 2 fully saturated rings. The molecule has 1 aromatic rings. The molecule has 1 saturated heterocycles. The number of unbranched alkanes of at least 4 members (excludes halogenated alkanes) is 1. The summed E-state index contributed by atoms with van der Waals surface area (Å²) in [6.07, 6.45) is 4.75. The van der Waals surface area contributed by atoms with Gasteiger partial charge >= 0.3 is 5.69 Å². The first-order chi connectivity index (χ1) is 14.9. The van der Waals surface area contributed by atoms with Gasteiger partial charge in [-0.2, -0.15) is 0 Å². The van der Waals surface area contributed by atoms with E-state index in [0.717, 1.165) is 25.7 Å². The Balaban J connectivity index is 1.90. The number of aromatic amines is 1. The lowest BCUT2D eigenvalue weighted by molar-refractivity contribution is -0.136. The fourth-order valence-electron chi connectivity index (χ4n) is 4.08. The number of nitrogens with zero attached hydrogens (tertiary/aromatic N) is 3. The Morgan fingerprint density at radius 3 is 2.61 bits per heavy atom. The topological polar surface area (TPSA) is 131 Å². The van der Waals surface area contributed by atoms with E-state index in [4.69, 9.17) is 10.5 Å². The highest BCUT2D eigenvalue weighted by atomic mass is 16.5. The van der Waals surface area contributed by atoms with Crippen LogP contribution < -0.4 is 21.9 Å². The maximum Gasteiger partial charge on any atom is 0.330 e. The van der Waals surface area contributed by atoms with E-state index >= 15 is 0 Å². The second-order valence-corrected chi connectivity index (χ2v) is 8.38. The minimum Gasteiger partial charge on any atom is -0.383 e. The van der Waals surface area contributed by atoms with Gasteiger partial charge in [-0.05, 0) is 32.1 Å². The largest absolute Gasteiger partial charge is 0.383 e. The number of aromatic nitrogens is 2. The van der Waals surface area contributed by atoms with Crippen molar-refractivity contribution in [2.75, 3.05) is 44.0 Å². The molecule has 2 heterocycles. The van der Waals surface area contributed by atoms with Crippen LogP contribution in [0.25, 0.3) is 0 Å². The molecule has 0 radical (unpaired) electrons. The van der Waals surface area contributed by atoms with Gasteiger partial charge in [0.2, 0.25) is 11.8 Å². The maximum atomic E-state index is 13.5. The van der Waals surface area contributed by atoms with Gasteiger partial charge in [-0.1, -0.05) is 13.3 Å². The molecule has 1 atom stereocenters. The van der Waals surface area contributed by atoms with E-state index in [1.54, 1.807) is 4.90 Å². The van der Waals surface area contributed by atoms with Crippen LogP contribution in [0.15, 0.2) is 9.59 Å². The third-order valence-electron chi connectivity index (χ3n) is 6.01. The van der Waals surface area contributed by atoms with Crippen molar-refractivity contribution in [3.05, 3.63) is 20.8 Å². The second kappa shape index (κ2) is 10.1. The Bertz CT molecular complexity index is 920. The molecule has 31 heavy (non-hydrogen) atoms. The maximum absolute atomic E-state index is 13.5. The lowest BCUT2D eigenvalue weighted by Gasteiger charge is -2.35. The third kappa shape index (κ3) is 5.17. The fourth-order valence-corrected chi connectivity index (χ4v) is 4.08. The van der Waals surface area contributed by atoms with Crippen LogP contribution in [0.1, 0.15) is 45.4 Å². The van der Waals surface area contributed by atoms with Crippen molar-refractivity contribution in [3.63, 3.8) is 0 Å². The standard InChI is InChI=1S/C21H33N5O5/c1-3-4-10-26-17(22)16(18(27)23-21(26)30)25(11-12-31-2)20(29)15-6-5-9-24(13-15)19(28)14-7-8-14/h14-15H,3-13,22H2,1-2H3,(H,23,27,30). The molecule has 2 aliphatic rings. The van der Waals surface area contributed by atoms with E-state index in [-0.39, 0.29) is 42.4 Å². The van der Waals surface area contributed by atoms with E-state index < -0.39 is 17.2 Å². The number of nitrogen functional groups attached to an aromatic ring is 1. The monoisotopic (exact) mass is 435 g/mol. The Kier molecular flexibility index (Phi) is 7.53. The van der Waals surface area contributed by atoms with E-state index in [2.05, 4.69) is 4.98 Å². The first-order valence-electron chi connectivity index (χ1n) is 11.1. The van der Waals surface area contributed by atoms with Gasteiger partial charge in [0.25, 0.3) is 5.56 Å². The van der Waals surface area contributed by atoms with Crippen LogP contribution in [0, 0.1) is 11.8 Å². The van der Waals surface area contributed by atoms with Crippen LogP contribution in [-0.2, 0) is 20.9 Å². The summed E-state index contributed by atoms with van der Waals surface area (Å²) in [5.74, 6) is -0.509.